The van der Waals surface area contributed by atoms with Crippen LogP contribution in [0.1, 0.15) is 30.7 Å². The number of hydrogen-bond acceptors (Lipinski definition) is 3. The molecule has 5 heteroatoms. The van der Waals surface area contributed by atoms with Crippen molar-refractivity contribution in [3.05, 3.63) is 64.6 Å². The molecule has 0 amide bonds. The average Bonchev–Trinajstić information content (AvgIpc) is 3.07. The van der Waals surface area contributed by atoms with Crippen LogP contribution in [0.25, 0.3) is 21.7 Å². The van der Waals surface area contributed by atoms with Crippen LogP contribution in [0.3, 0.4) is 0 Å². The Morgan fingerprint density at radius 1 is 0.962 bits per heavy atom. The first kappa shape index (κ1) is 18.6. The highest BCUT2D eigenvalue weighted by Crippen LogP contribution is 2.37. The SMILES string of the molecule is O=C(O)CCCCCc1nc(-c2ccccc2)c(-c2ccc(Cl)cc2)s1. The molecule has 2 aromatic carbocycles. The van der Waals surface area contributed by atoms with Gasteiger partial charge >= 0.3 is 5.97 Å². The molecule has 1 heterocycles. The van der Waals surface area contributed by atoms with E-state index in [0.29, 0.717) is 0 Å². The summed E-state index contributed by atoms with van der Waals surface area (Å²) >= 11 is 7.73. The van der Waals surface area contributed by atoms with Gasteiger partial charge in [-0.05, 0) is 37.0 Å². The molecule has 0 aliphatic carbocycles. The van der Waals surface area contributed by atoms with Gasteiger partial charge in [-0.3, -0.25) is 4.79 Å². The largest absolute Gasteiger partial charge is 0.481 e. The number of aliphatic carboxylic acids is 1. The van der Waals surface area contributed by atoms with Gasteiger partial charge < -0.3 is 5.11 Å². The van der Waals surface area contributed by atoms with Crippen molar-refractivity contribution in [2.75, 3.05) is 0 Å². The van der Waals surface area contributed by atoms with Crippen molar-refractivity contribution in [1.29, 1.82) is 0 Å². The van der Waals surface area contributed by atoms with Gasteiger partial charge in [-0.15, -0.1) is 11.3 Å². The van der Waals surface area contributed by atoms with Crippen LogP contribution in [0.5, 0.6) is 0 Å². The van der Waals surface area contributed by atoms with Crippen molar-refractivity contribution in [3.8, 4) is 21.7 Å². The molecule has 0 unspecified atom stereocenters. The van der Waals surface area contributed by atoms with Crippen LogP contribution in [0, 0.1) is 0 Å². The van der Waals surface area contributed by atoms with E-state index in [9.17, 15) is 4.79 Å². The highest BCUT2D eigenvalue weighted by molar-refractivity contribution is 7.15. The Kier molecular flexibility index (Phi) is 6.42. The van der Waals surface area contributed by atoms with Gasteiger partial charge in [0.15, 0.2) is 0 Å². The zero-order chi connectivity index (χ0) is 18.4. The predicted octanol–water partition coefficient (Wildman–Crippen LogP) is 6.32. The molecule has 1 aromatic heterocycles. The Hall–Kier alpha value is -2.17. The smallest absolute Gasteiger partial charge is 0.303 e. The van der Waals surface area contributed by atoms with E-state index >= 15 is 0 Å². The van der Waals surface area contributed by atoms with Gasteiger partial charge in [0, 0.05) is 17.0 Å². The van der Waals surface area contributed by atoms with Crippen LogP contribution in [0.4, 0.5) is 0 Å². The van der Waals surface area contributed by atoms with E-state index < -0.39 is 5.97 Å². The average molecular weight is 386 g/mol. The second-order valence-electron chi connectivity index (χ2n) is 6.11. The maximum atomic E-state index is 10.6. The summed E-state index contributed by atoms with van der Waals surface area (Å²) < 4.78 is 0. The highest BCUT2D eigenvalue weighted by Gasteiger charge is 2.14. The lowest BCUT2D eigenvalue weighted by molar-refractivity contribution is -0.137. The summed E-state index contributed by atoms with van der Waals surface area (Å²) in [4.78, 5) is 16.6. The Balaban J connectivity index is 1.81. The molecule has 3 rings (SSSR count). The van der Waals surface area contributed by atoms with Gasteiger partial charge in [-0.25, -0.2) is 4.98 Å². The number of hydrogen-bond donors (Lipinski definition) is 1. The summed E-state index contributed by atoms with van der Waals surface area (Å²) in [5.41, 5.74) is 3.21. The molecular formula is C21H20ClNO2S. The number of rotatable bonds is 8. The molecule has 0 aliphatic rings. The number of halogens is 1. The van der Waals surface area contributed by atoms with Gasteiger partial charge in [0.2, 0.25) is 0 Å². The van der Waals surface area contributed by atoms with Crippen molar-refractivity contribution < 1.29 is 9.90 Å². The molecule has 0 bridgehead atoms. The molecule has 0 saturated carbocycles. The summed E-state index contributed by atoms with van der Waals surface area (Å²) in [5, 5.41) is 10.5. The van der Waals surface area contributed by atoms with Crippen molar-refractivity contribution in [2.45, 2.75) is 32.1 Å². The van der Waals surface area contributed by atoms with Crippen molar-refractivity contribution in [2.24, 2.45) is 0 Å². The zero-order valence-corrected chi connectivity index (χ0v) is 15.9. The third-order valence-electron chi connectivity index (χ3n) is 4.11. The van der Waals surface area contributed by atoms with Crippen LogP contribution >= 0.6 is 22.9 Å². The topological polar surface area (TPSA) is 50.2 Å². The molecule has 0 atom stereocenters. The molecule has 0 radical (unpaired) electrons. The zero-order valence-electron chi connectivity index (χ0n) is 14.3. The van der Waals surface area contributed by atoms with E-state index in [1.807, 2.05) is 42.5 Å². The van der Waals surface area contributed by atoms with Crippen LogP contribution in [0.2, 0.25) is 5.02 Å². The quantitative estimate of drug-likeness (QED) is 0.461. The number of thiazole rings is 1. The monoisotopic (exact) mass is 385 g/mol. The Morgan fingerprint density at radius 2 is 1.69 bits per heavy atom. The van der Waals surface area contributed by atoms with E-state index in [1.165, 1.54) is 0 Å². The lowest BCUT2D eigenvalue weighted by Crippen LogP contribution is -1.94. The van der Waals surface area contributed by atoms with Crippen molar-refractivity contribution in [1.82, 2.24) is 4.98 Å². The predicted molar refractivity (Wildman–Crippen MR) is 108 cm³/mol. The van der Waals surface area contributed by atoms with Crippen LogP contribution in [0.15, 0.2) is 54.6 Å². The number of benzene rings is 2. The molecular weight excluding hydrogens is 366 g/mol. The maximum Gasteiger partial charge on any atom is 0.303 e. The lowest BCUT2D eigenvalue weighted by atomic mass is 10.1. The van der Waals surface area contributed by atoms with Gasteiger partial charge in [0.25, 0.3) is 0 Å². The van der Waals surface area contributed by atoms with Crippen LogP contribution in [-0.2, 0) is 11.2 Å². The van der Waals surface area contributed by atoms with E-state index in [2.05, 4.69) is 12.1 Å². The number of carboxylic acids is 1. The molecule has 0 fully saturated rings. The first-order chi connectivity index (χ1) is 12.6. The minimum Gasteiger partial charge on any atom is -0.481 e. The van der Waals surface area contributed by atoms with Crippen molar-refractivity contribution in [3.63, 3.8) is 0 Å². The Labute approximate surface area is 162 Å². The summed E-state index contributed by atoms with van der Waals surface area (Å²) in [5.74, 6) is -0.726. The van der Waals surface area contributed by atoms with Crippen LogP contribution < -0.4 is 0 Å². The van der Waals surface area contributed by atoms with Crippen molar-refractivity contribution >= 4 is 28.9 Å². The first-order valence-electron chi connectivity index (χ1n) is 8.66. The van der Waals surface area contributed by atoms with Crippen LogP contribution in [-0.4, -0.2) is 16.1 Å². The number of unbranched alkanes of at least 4 members (excludes halogenated alkanes) is 2. The van der Waals surface area contributed by atoms with Gasteiger partial charge in [-0.1, -0.05) is 60.5 Å². The number of carboxylic acid groups (broad SMARTS) is 1. The third-order valence-corrected chi connectivity index (χ3v) is 5.52. The molecule has 3 nitrogen and oxygen atoms in total. The van der Waals surface area contributed by atoms with Gasteiger partial charge in [0.1, 0.15) is 0 Å². The number of carbonyl (C=O) groups is 1. The van der Waals surface area contributed by atoms with Gasteiger partial charge in [0.05, 0.1) is 15.6 Å². The summed E-state index contributed by atoms with van der Waals surface area (Å²) in [6.45, 7) is 0. The molecule has 0 spiro atoms. The second-order valence-corrected chi connectivity index (χ2v) is 7.63. The fourth-order valence-electron chi connectivity index (χ4n) is 2.79. The fourth-order valence-corrected chi connectivity index (χ4v) is 4.05. The van der Waals surface area contributed by atoms with Gasteiger partial charge in [-0.2, -0.15) is 0 Å². The Morgan fingerprint density at radius 3 is 2.38 bits per heavy atom. The fraction of sp³-hybridized carbons (Fsp3) is 0.238. The molecule has 0 aliphatic heterocycles. The summed E-state index contributed by atoms with van der Waals surface area (Å²) in [6.07, 6.45) is 3.69. The third kappa shape index (κ3) is 4.93. The molecule has 1 N–H and O–H groups in total. The molecule has 26 heavy (non-hydrogen) atoms. The standard InChI is InChI=1S/C21H20ClNO2S/c22-17-13-11-16(12-14-17)21-20(15-7-3-1-4-8-15)23-18(26-21)9-5-2-6-10-19(24)25/h1,3-4,7-8,11-14H,2,5-6,9-10H2,(H,24,25). The molecule has 3 aromatic rings. The van der Waals surface area contributed by atoms with E-state index in [-0.39, 0.29) is 6.42 Å². The minimum atomic E-state index is -0.726. The van der Waals surface area contributed by atoms with E-state index in [1.54, 1.807) is 11.3 Å². The summed E-state index contributed by atoms with van der Waals surface area (Å²) in [6, 6.07) is 18.0. The minimum absolute atomic E-state index is 0.239. The van der Waals surface area contributed by atoms with E-state index in [4.69, 9.17) is 21.7 Å². The molecule has 134 valence electrons. The second kappa shape index (κ2) is 8.97. The molecule has 0 saturated heterocycles. The highest BCUT2D eigenvalue weighted by atomic mass is 35.5. The normalized spacial score (nSPS) is 10.8. The summed E-state index contributed by atoms with van der Waals surface area (Å²) in [7, 11) is 0. The first-order valence-corrected chi connectivity index (χ1v) is 9.86. The number of aryl methyl sites for hydroxylation is 1. The number of aromatic nitrogens is 1. The Bertz CT molecular complexity index is 859. The van der Waals surface area contributed by atoms with E-state index in [0.717, 1.165) is 57.4 Å². The maximum absolute atomic E-state index is 10.6. The lowest BCUT2D eigenvalue weighted by Gasteiger charge is -2.02. The number of nitrogens with zero attached hydrogens (tertiary/aromatic N) is 1.